The molecular formula is C52H41BIrN4O-2. The van der Waals surface area contributed by atoms with E-state index in [2.05, 4.69) is 178 Å². The van der Waals surface area contributed by atoms with Crippen molar-refractivity contribution in [2.24, 2.45) is 0 Å². The van der Waals surface area contributed by atoms with Gasteiger partial charge in [-0.3, -0.25) is 4.98 Å². The fourth-order valence-electron chi connectivity index (χ4n) is 9.64. The maximum absolute atomic E-state index is 6.31. The molecule has 0 aliphatic carbocycles. The largest absolute Gasteiger partial charge is 0.458 e. The zero-order valence-corrected chi connectivity index (χ0v) is 36.3. The Hall–Kier alpha value is -6.01. The topological polar surface area (TPSA) is 42.7 Å². The fourth-order valence-corrected chi connectivity index (χ4v) is 9.64. The molecule has 0 amide bonds. The van der Waals surface area contributed by atoms with Crippen molar-refractivity contribution in [1.29, 1.82) is 0 Å². The van der Waals surface area contributed by atoms with E-state index in [1.807, 2.05) is 24.4 Å². The standard InChI is InChI=1S/C27H23N2.C25H18BN2O.Ir/c1-26(2)21-16-10-15-19-18-13-8-9-14-20(18)25-28-22(17-11-6-5-7-12-17)24(27(26,3)4)29(25)23(19)21;1-16-14-24(27-15-17(16)2)28-20-10-5-3-8-18(20)26-19-9-4-6-12-22(19)29-23-13-7-11-21(28)25(23)26;/h5-13,15-16H,1-4H3;3-9,11-15H,1-2H3;/q2*-1;. The van der Waals surface area contributed by atoms with Crippen LogP contribution in [0, 0.1) is 26.0 Å². The molecule has 3 aliphatic rings. The number of imidazole rings is 1. The van der Waals surface area contributed by atoms with Gasteiger partial charge in [-0.15, -0.1) is 35.1 Å². The van der Waals surface area contributed by atoms with Crippen LogP contribution in [0.25, 0.3) is 38.6 Å². The van der Waals surface area contributed by atoms with Crippen molar-refractivity contribution in [3.05, 3.63) is 174 Å². The maximum Gasteiger partial charge on any atom is 0.190 e. The zero-order chi connectivity index (χ0) is 39.5. The number of fused-ring (bicyclic) bond motifs is 7. The van der Waals surface area contributed by atoms with Gasteiger partial charge < -0.3 is 14.0 Å². The molecule has 0 saturated heterocycles. The van der Waals surface area contributed by atoms with Gasteiger partial charge in [-0.05, 0) is 71.1 Å². The summed E-state index contributed by atoms with van der Waals surface area (Å²) < 4.78 is 8.74. The van der Waals surface area contributed by atoms with Gasteiger partial charge >= 0.3 is 0 Å². The van der Waals surface area contributed by atoms with Crippen LogP contribution >= 0.6 is 0 Å². The molecule has 59 heavy (non-hydrogen) atoms. The van der Waals surface area contributed by atoms with Gasteiger partial charge in [-0.1, -0.05) is 112 Å². The first-order valence-corrected chi connectivity index (χ1v) is 20.1. The minimum atomic E-state index is -0.0959. The monoisotopic (exact) mass is 941 g/mol. The Morgan fingerprint density at radius 3 is 2.22 bits per heavy atom. The van der Waals surface area contributed by atoms with Gasteiger partial charge in [0.2, 0.25) is 0 Å². The van der Waals surface area contributed by atoms with Crippen molar-refractivity contribution >= 4 is 67.6 Å². The van der Waals surface area contributed by atoms with Gasteiger partial charge in [0.15, 0.2) is 6.71 Å². The zero-order valence-electron chi connectivity index (χ0n) is 33.9. The maximum atomic E-state index is 6.31. The van der Waals surface area contributed by atoms with Crippen molar-refractivity contribution in [3.63, 3.8) is 0 Å². The molecule has 0 N–H and O–H groups in total. The first kappa shape index (κ1) is 37.3. The van der Waals surface area contributed by atoms with Gasteiger partial charge in [0.05, 0.1) is 11.3 Å². The molecule has 6 aromatic carbocycles. The summed E-state index contributed by atoms with van der Waals surface area (Å²) in [6.07, 6.45) is 1.94. The average molecular weight is 941 g/mol. The van der Waals surface area contributed by atoms with Crippen LogP contribution in [0.2, 0.25) is 0 Å². The third kappa shape index (κ3) is 5.27. The molecule has 12 rings (SSSR count). The van der Waals surface area contributed by atoms with Crippen molar-refractivity contribution < 1.29 is 24.8 Å². The van der Waals surface area contributed by atoms with Crippen LogP contribution in [-0.2, 0) is 30.9 Å². The van der Waals surface area contributed by atoms with E-state index in [0.717, 1.165) is 45.4 Å². The molecule has 7 heteroatoms. The number of pyridine rings is 2. The number of anilines is 3. The first-order chi connectivity index (χ1) is 28.1. The molecule has 0 spiro atoms. The Morgan fingerprint density at radius 2 is 1.39 bits per heavy atom. The third-order valence-electron chi connectivity index (χ3n) is 13.4. The number of rotatable bonds is 2. The van der Waals surface area contributed by atoms with Gasteiger partial charge in [0, 0.05) is 59.6 Å². The van der Waals surface area contributed by atoms with Gasteiger partial charge in [0.1, 0.15) is 17.3 Å². The molecule has 0 unspecified atom stereocenters. The molecule has 289 valence electrons. The minimum Gasteiger partial charge on any atom is -0.458 e. The second-order valence-corrected chi connectivity index (χ2v) is 16.9. The van der Waals surface area contributed by atoms with E-state index in [-0.39, 0.29) is 37.6 Å². The summed E-state index contributed by atoms with van der Waals surface area (Å²) in [5.41, 5.74) is 15.3. The van der Waals surface area contributed by atoms with E-state index in [1.54, 1.807) is 0 Å². The molecule has 0 bridgehead atoms. The molecule has 0 fully saturated rings. The molecule has 3 aliphatic heterocycles. The van der Waals surface area contributed by atoms with Crippen LogP contribution in [0.5, 0.6) is 11.5 Å². The van der Waals surface area contributed by atoms with E-state index in [0.29, 0.717) is 0 Å². The van der Waals surface area contributed by atoms with Crippen LogP contribution < -0.4 is 26.0 Å². The summed E-state index contributed by atoms with van der Waals surface area (Å²) in [4.78, 5) is 12.2. The first-order valence-electron chi connectivity index (χ1n) is 20.1. The molecule has 5 nitrogen and oxygen atoms in total. The quantitative estimate of drug-likeness (QED) is 0.0984. The SMILES string of the molecule is CC1(C)c2cccc3c4ccc[c-]c4c4nc(-c5ccccc5)c(n4c23)C1(C)C.Cc1cnc(N2c3[c-]cccc3B3c4ccccc4Oc4cccc2c43)cc1C.[Ir]. The number of hydrogen-bond acceptors (Lipinski definition) is 4. The number of hydrogen-bond donors (Lipinski definition) is 0. The van der Waals surface area contributed by atoms with Crippen molar-refractivity contribution in [2.75, 3.05) is 4.90 Å². The number of benzene rings is 6. The number of ether oxygens (including phenoxy) is 1. The van der Waals surface area contributed by atoms with Crippen molar-refractivity contribution in [2.45, 2.75) is 52.4 Å². The molecule has 0 atom stereocenters. The molecule has 0 saturated carbocycles. The summed E-state index contributed by atoms with van der Waals surface area (Å²) in [6, 6.07) is 53.6. The Bertz CT molecular complexity index is 3150. The van der Waals surface area contributed by atoms with Crippen molar-refractivity contribution in [1.82, 2.24) is 14.4 Å². The second kappa shape index (κ2) is 13.5. The number of nitrogens with zero attached hydrogens (tertiary/aromatic N) is 4. The third-order valence-corrected chi connectivity index (χ3v) is 13.4. The van der Waals surface area contributed by atoms with E-state index in [4.69, 9.17) is 14.7 Å². The van der Waals surface area contributed by atoms with E-state index >= 15 is 0 Å². The summed E-state index contributed by atoms with van der Waals surface area (Å²) in [5, 5.41) is 3.60. The Balaban J connectivity index is 0.000000140. The van der Waals surface area contributed by atoms with E-state index < -0.39 is 0 Å². The van der Waals surface area contributed by atoms with Gasteiger partial charge in [-0.2, -0.15) is 24.3 Å². The predicted octanol–water partition coefficient (Wildman–Crippen LogP) is 10.6. The Morgan fingerprint density at radius 1 is 0.678 bits per heavy atom. The molecule has 3 aromatic heterocycles. The molecule has 9 aromatic rings. The Kier molecular flexibility index (Phi) is 8.54. The normalized spacial score (nSPS) is 14.8. The second-order valence-electron chi connectivity index (χ2n) is 16.9. The van der Waals surface area contributed by atoms with Crippen LogP contribution in [0.1, 0.15) is 50.1 Å². The predicted molar refractivity (Wildman–Crippen MR) is 239 cm³/mol. The van der Waals surface area contributed by atoms with Crippen LogP contribution in [0.4, 0.5) is 17.2 Å². The van der Waals surface area contributed by atoms with Crippen LogP contribution in [-0.4, -0.2) is 21.1 Å². The number of para-hydroxylation sites is 3. The van der Waals surface area contributed by atoms with E-state index in [1.165, 1.54) is 60.6 Å². The molecule has 1 radical (unpaired) electrons. The number of aryl methyl sites for hydroxylation is 2. The van der Waals surface area contributed by atoms with Crippen LogP contribution in [0.3, 0.4) is 0 Å². The molecular weight excluding hydrogens is 900 g/mol. The Labute approximate surface area is 359 Å². The van der Waals surface area contributed by atoms with Crippen LogP contribution in [0.15, 0.2) is 140 Å². The average Bonchev–Trinajstić information content (AvgIpc) is 3.67. The van der Waals surface area contributed by atoms with E-state index in [9.17, 15) is 0 Å². The summed E-state index contributed by atoms with van der Waals surface area (Å²) in [5.74, 6) is 2.74. The smallest absolute Gasteiger partial charge is 0.190 e. The summed E-state index contributed by atoms with van der Waals surface area (Å²) in [6.45, 7) is 13.8. The van der Waals surface area contributed by atoms with Crippen molar-refractivity contribution in [3.8, 4) is 22.8 Å². The fraction of sp³-hybridized carbons (Fsp3) is 0.154. The molecule has 6 heterocycles. The summed E-state index contributed by atoms with van der Waals surface area (Å²) in [7, 11) is 0. The summed E-state index contributed by atoms with van der Waals surface area (Å²) >= 11 is 0. The minimum absolute atomic E-state index is 0. The van der Waals surface area contributed by atoms with Gasteiger partial charge in [-0.25, -0.2) is 4.98 Å². The van der Waals surface area contributed by atoms with Gasteiger partial charge in [0.25, 0.3) is 0 Å². The number of aromatic nitrogens is 3.